The molecule has 0 radical (unpaired) electrons. The highest BCUT2D eigenvalue weighted by atomic mass is 32.6. The summed E-state index contributed by atoms with van der Waals surface area (Å²) >= 11 is 0. The van der Waals surface area contributed by atoms with Crippen LogP contribution in [0.3, 0.4) is 0 Å². The van der Waals surface area contributed by atoms with Crippen molar-refractivity contribution in [1.29, 1.82) is 0 Å². The van der Waals surface area contributed by atoms with Crippen molar-refractivity contribution in [1.82, 2.24) is 0 Å². The molecule has 0 saturated carbocycles. The Morgan fingerprint density at radius 3 is 2.50 bits per heavy atom. The van der Waals surface area contributed by atoms with E-state index in [0.717, 1.165) is 0 Å². The van der Waals surface area contributed by atoms with Gasteiger partial charge in [-0.15, -0.1) is 8.93 Å². The van der Waals surface area contributed by atoms with Gasteiger partial charge in [0.05, 0.1) is 21.7 Å². The van der Waals surface area contributed by atoms with Gasteiger partial charge < -0.3 is 18.3 Å². The number of hydrogen-bond acceptors (Lipinski definition) is 5. The van der Waals surface area contributed by atoms with Gasteiger partial charge in [-0.05, 0) is 7.96 Å². The topological polar surface area (TPSA) is 54.0 Å². The molecule has 0 aromatic rings. The summed E-state index contributed by atoms with van der Waals surface area (Å²) in [7, 11) is 11.7. The first-order chi connectivity index (χ1) is 9.40. The molecule has 1 aliphatic rings. The molecule has 0 bridgehead atoms. The van der Waals surface area contributed by atoms with Crippen molar-refractivity contribution in [2.75, 3.05) is 6.61 Å². The normalized spacial score (nSPS) is 32.9. The molecule has 118 valence electrons. The molecule has 5 nitrogen and oxygen atoms in total. The summed E-state index contributed by atoms with van der Waals surface area (Å²) in [6.07, 6.45) is -1.31. The van der Waals surface area contributed by atoms with Crippen molar-refractivity contribution in [3.63, 3.8) is 0 Å². The maximum Gasteiger partial charge on any atom is 0.338 e. The summed E-state index contributed by atoms with van der Waals surface area (Å²) in [4.78, 5) is 12.2. The molecule has 0 N–H and O–H groups in total. The molecule has 1 saturated heterocycles. The van der Waals surface area contributed by atoms with Crippen LogP contribution in [0, 0.1) is 5.92 Å². The molecule has 0 aromatic heterocycles. The van der Waals surface area contributed by atoms with Crippen LogP contribution in [0.2, 0.25) is 0 Å². The number of carbonyl (C=O) groups is 1. The van der Waals surface area contributed by atoms with E-state index < -0.39 is 21.2 Å². The molecule has 11 atom stereocenters. The van der Waals surface area contributed by atoms with Gasteiger partial charge in [-0.25, -0.2) is 4.79 Å². The largest absolute Gasteiger partial charge is 0.458 e. The summed E-state index contributed by atoms with van der Waals surface area (Å²) in [5.41, 5.74) is 0. The Morgan fingerprint density at radius 2 is 2.00 bits per heavy atom. The van der Waals surface area contributed by atoms with Gasteiger partial charge in [-0.3, -0.25) is 0 Å². The van der Waals surface area contributed by atoms with E-state index in [0.29, 0.717) is 14.6 Å². The first kappa shape index (κ1) is 20.8. The van der Waals surface area contributed by atoms with Crippen LogP contribution in [0.25, 0.3) is 0 Å². The van der Waals surface area contributed by atoms with Crippen molar-refractivity contribution in [3.8, 4) is 0 Å². The molecule has 20 heavy (non-hydrogen) atoms. The zero-order valence-electron chi connectivity index (χ0n) is 10.8. The van der Waals surface area contributed by atoms with E-state index in [2.05, 4.69) is 45.2 Å². The van der Waals surface area contributed by atoms with Gasteiger partial charge in [0.2, 0.25) is 0 Å². The third-order valence-corrected chi connectivity index (χ3v) is 12.6. The second kappa shape index (κ2) is 10.6. The van der Waals surface area contributed by atoms with Crippen LogP contribution in [0.4, 0.5) is 0 Å². The van der Waals surface area contributed by atoms with Crippen LogP contribution in [0.5, 0.6) is 0 Å². The molecular weight excluding hydrogens is 412 g/mol. The molecule has 0 spiro atoms. The van der Waals surface area contributed by atoms with E-state index in [-0.39, 0.29) is 24.1 Å². The summed E-state index contributed by atoms with van der Waals surface area (Å²) in [6.45, 7) is 2.32. The highest BCUT2D eigenvalue weighted by Gasteiger charge is 2.46. The van der Waals surface area contributed by atoms with Crippen LogP contribution in [-0.2, 0) is 23.1 Å². The molecule has 1 aliphatic heterocycles. The quantitative estimate of drug-likeness (QED) is 0.454. The molecule has 1 rings (SSSR count). The van der Waals surface area contributed by atoms with Crippen LogP contribution in [-0.4, -0.2) is 30.9 Å². The van der Waals surface area contributed by atoms with Crippen molar-refractivity contribution < 1.29 is 23.1 Å². The summed E-state index contributed by atoms with van der Waals surface area (Å²) in [5, 5.41) is 0. The van der Waals surface area contributed by atoms with Crippen LogP contribution in [0.15, 0.2) is 0 Å². The number of esters is 1. The smallest absolute Gasteiger partial charge is 0.338 e. The third-order valence-electron chi connectivity index (χ3n) is 2.76. The minimum Gasteiger partial charge on any atom is -0.458 e. The Balaban J connectivity index is 2.86. The van der Waals surface area contributed by atoms with Gasteiger partial charge in [0, 0.05) is 15.4 Å². The Labute approximate surface area is 135 Å². The van der Waals surface area contributed by atoms with E-state index in [4.69, 9.17) is 18.3 Å². The minimum absolute atomic E-state index is 0.00518. The Morgan fingerprint density at radius 1 is 1.35 bits per heavy atom. The Bertz CT molecular complexity index is 320. The fourth-order valence-corrected chi connectivity index (χ4v) is 5.37. The molecule has 7 unspecified atom stereocenters. The maximum absolute atomic E-state index is 12.2. The second-order valence-corrected chi connectivity index (χ2v) is 18.7. The summed E-state index contributed by atoms with van der Waals surface area (Å²) in [6, 6.07) is 0. The van der Waals surface area contributed by atoms with Crippen molar-refractivity contribution in [2.24, 2.45) is 5.92 Å². The second-order valence-electron chi connectivity index (χ2n) is 4.08. The fourth-order valence-electron chi connectivity index (χ4n) is 1.77. The fraction of sp³-hybridized carbons (Fsp3) is 0.857. The third kappa shape index (κ3) is 6.36. The van der Waals surface area contributed by atoms with Crippen LogP contribution in [0.1, 0.15) is 6.92 Å². The number of rotatable bonds is 7. The highest BCUT2D eigenvalue weighted by Crippen LogP contribution is 2.68. The van der Waals surface area contributed by atoms with Gasteiger partial charge in [0.25, 0.3) is 0 Å². The lowest BCUT2D eigenvalue weighted by atomic mass is 9.91. The molecule has 0 amide bonds. The van der Waals surface area contributed by atoms with E-state index in [9.17, 15) is 4.79 Å². The molecule has 1 heterocycles. The lowest BCUT2D eigenvalue weighted by Gasteiger charge is -2.40. The number of cyclic esters (lactones) is 1. The first-order valence-electron chi connectivity index (χ1n) is 5.57. The molecule has 0 aromatic carbocycles. The maximum atomic E-state index is 12.2. The van der Waals surface area contributed by atoms with Gasteiger partial charge in [-0.1, -0.05) is 33.7 Å². The van der Waals surface area contributed by atoms with Gasteiger partial charge in [0.1, 0.15) is 12.2 Å². The summed E-state index contributed by atoms with van der Waals surface area (Å²) in [5.74, 6) is -0.365. The van der Waals surface area contributed by atoms with E-state index in [1.807, 2.05) is 6.92 Å². The zero-order valence-corrected chi connectivity index (χ0v) is 19.4. The first-order valence-corrected chi connectivity index (χ1v) is 17.1. The van der Waals surface area contributed by atoms with E-state index >= 15 is 0 Å². The number of ether oxygens (including phenoxy) is 1. The Hall–Kier alpha value is 2.79. The monoisotopic (exact) mass is 432 g/mol. The number of carbonyl (C=O) groups excluding carboxylic acids is 1. The molecule has 1 fully saturated rings. The Kier molecular flexibility index (Phi) is 11.1. The molecular formula is C7H20O5P8. The summed E-state index contributed by atoms with van der Waals surface area (Å²) < 4.78 is 22.2. The average molecular weight is 432 g/mol. The lowest BCUT2D eigenvalue weighted by Crippen LogP contribution is -2.53. The number of hydrogen-bond donors (Lipinski definition) is 0. The molecule has 0 aliphatic carbocycles. The van der Waals surface area contributed by atoms with Gasteiger partial charge >= 0.3 is 5.97 Å². The predicted molar refractivity (Wildman–Crippen MR) is 105 cm³/mol. The van der Waals surface area contributed by atoms with Crippen LogP contribution >= 0.6 is 68.2 Å². The predicted octanol–water partition coefficient (Wildman–Crippen LogP) is 3.67. The average Bonchev–Trinajstić information content (AvgIpc) is 2.39. The van der Waals surface area contributed by atoms with Crippen molar-refractivity contribution >= 4 is 74.2 Å². The van der Waals surface area contributed by atoms with Crippen molar-refractivity contribution in [2.45, 2.75) is 25.2 Å². The molecule has 13 heteroatoms. The standard InChI is InChI=1S/C7H20O5P8/c1-3-4(2-9-13)10-7(8)6(12-20(17)18-14)5(3)11-19(15)16/h3-6,18H,2,13-17H2,1H3/t3-,4-,5+,6-,20?/m1/s1. The van der Waals surface area contributed by atoms with Gasteiger partial charge in [0.15, 0.2) is 6.10 Å². The van der Waals surface area contributed by atoms with E-state index in [1.165, 1.54) is 0 Å². The van der Waals surface area contributed by atoms with Crippen LogP contribution < -0.4 is 0 Å². The highest BCUT2D eigenvalue weighted by molar-refractivity contribution is 8.59. The van der Waals surface area contributed by atoms with Gasteiger partial charge in [-0.2, -0.15) is 0 Å². The van der Waals surface area contributed by atoms with Crippen molar-refractivity contribution in [3.05, 3.63) is 0 Å². The van der Waals surface area contributed by atoms with E-state index in [1.54, 1.807) is 0 Å². The minimum atomic E-state index is -0.756. The SMILES string of the molecule is C[C@H]1[C@H](OP(P)P)[C@@H](OP(P)PP)C(=O)O[C@@H]1COP. The lowest BCUT2D eigenvalue weighted by molar-refractivity contribution is -0.183. The zero-order chi connectivity index (χ0) is 15.3.